The Morgan fingerprint density at radius 3 is 2.50 bits per heavy atom. The molecule has 6 heteroatoms. The van der Waals surface area contributed by atoms with E-state index in [0.29, 0.717) is 13.0 Å². The maximum Gasteiger partial charge on any atom is 0.227 e. The van der Waals surface area contributed by atoms with Crippen molar-refractivity contribution in [1.82, 2.24) is 15.5 Å². The Balaban J connectivity index is 1.73. The van der Waals surface area contributed by atoms with Crippen LogP contribution in [0, 0.1) is 0 Å². The van der Waals surface area contributed by atoms with Gasteiger partial charge in [0.15, 0.2) is 5.96 Å². The Hall–Kier alpha value is -2.08. The summed E-state index contributed by atoms with van der Waals surface area (Å²) < 4.78 is 0. The van der Waals surface area contributed by atoms with E-state index in [1.807, 2.05) is 17.0 Å². The highest BCUT2D eigenvalue weighted by atomic mass is 16.2. The Bertz CT molecular complexity index is 580. The summed E-state index contributed by atoms with van der Waals surface area (Å²) in [4.78, 5) is 20.4. The predicted octanol–water partition coefficient (Wildman–Crippen LogP) is 2.21. The van der Waals surface area contributed by atoms with Crippen LogP contribution in [-0.4, -0.2) is 56.5 Å². The second kappa shape index (κ2) is 10.8. The number of guanidine groups is 1. The molecule has 1 heterocycles. The minimum Gasteiger partial charge on any atom is -0.356 e. The fraction of sp³-hybridized carbons (Fsp3) is 0.600. The topological polar surface area (TPSA) is 60.0 Å². The minimum absolute atomic E-state index is 0.227. The van der Waals surface area contributed by atoms with Crippen LogP contribution in [0.25, 0.3) is 0 Å². The lowest BCUT2D eigenvalue weighted by Crippen LogP contribution is -2.38. The van der Waals surface area contributed by atoms with Gasteiger partial charge in [0.05, 0.1) is 0 Å². The Kier molecular flexibility index (Phi) is 8.41. The van der Waals surface area contributed by atoms with E-state index in [0.717, 1.165) is 57.2 Å². The molecule has 0 atom stereocenters. The third-order valence-electron chi connectivity index (χ3n) is 4.84. The van der Waals surface area contributed by atoms with Crippen molar-refractivity contribution in [3.63, 3.8) is 0 Å². The number of hydrogen-bond donors (Lipinski definition) is 2. The van der Waals surface area contributed by atoms with E-state index < -0.39 is 0 Å². The molecule has 2 rings (SSSR count). The van der Waals surface area contributed by atoms with Gasteiger partial charge in [-0.15, -0.1) is 0 Å². The van der Waals surface area contributed by atoms with Gasteiger partial charge in [-0.25, -0.2) is 0 Å². The van der Waals surface area contributed by atoms with Gasteiger partial charge in [0.1, 0.15) is 0 Å². The molecule has 1 fully saturated rings. The molecule has 0 saturated carbocycles. The van der Waals surface area contributed by atoms with Crippen molar-refractivity contribution < 1.29 is 4.79 Å². The number of rotatable bonds is 9. The summed E-state index contributed by atoms with van der Waals surface area (Å²) in [5.74, 6) is 1.05. The highest BCUT2D eigenvalue weighted by Gasteiger charge is 2.21. The van der Waals surface area contributed by atoms with Crippen molar-refractivity contribution in [2.24, 2.45) is 4.99 Å². The number of nitrogens with one attached hydrogen (secondary N) is 2. The van der Waals surface area contributed by atoms with Gasteiger partial charge in [-0.05, 0) is 50.2 Å². The molecule has 1 aromatic rings. The highest BCUT2D eigenvalue weighted by Crippen LogP contribution is 2.21. The summed E-state index contributed by atoms with van der Waals surface area (Å²) in [6.45, 7) is 10.2. The normalized spacial score (nSPS) is 15.0. The number of amides is 1. The second-order valence-electron chi connectivity index (χ2n) is 6.55. The molecule has 1 aliphatic heterocycles. The van der Waals surface area contributed by atoms with Crippen LogP contribution in [0.5, 0.6) is 0 Å². The monoisotopic (exact) mass is 359 g/mol. The molecule has 1 aliphatic rings. The average molecular weight is 360 g/mol. The molecule has 1 saturated heterocycles. The standard InChI is InChI=1S/C20H33N5O/c1-4-24(5-2)14-7-13-22-20(21-3)23-16-17-9-11-18(12-10-17)25-15-6-8-19(25)26/h9-12H,4-8,13-16H2,1-3H3,(H2,21,22,23). The van der Waals surface area contributed by atoms with Crippen LogP contribution in [0.1, 0.15) is 38.7 Å². The van der Waals surface area contributed by atoms with Gasteiger partial charge in [0.2, 0.25) is 5.91 Å². The smallest absolute Gasteiger partial charge is 0.227 e. The summed E-state index contributed by atoms with van der Waals surface area (Å²) in [5, 5.41) is 6.71. The summed E-state index contributed by atoms with van der Waals surface area (Å²) in [7, 11) is 1.79. The van der Waals surface area contributed by atoms with Crippen LogP contribution in [0.15, 0.2) is 29.3 Å². The van der Waals surface area contributed by atoms with E-state index >= 15 is 0 Å². The lowest BCUT2D eigenvalue weighted by Gasteiger charge is -2.18. The van der Waals surface area contributed by atoms with E-state index in [4.69, 9.17) is 0 Å². The SMILES string of the molecule is CCN(CC)CCCNC(=NC)NCc1ccc(N2CCCC2=O)cc1. The van der Waals surface area contributed by atoms with Crippen molar-refractivity contribution in [3.8, 4) is 0 Å². The Labute approximate surface area is 157 Å². The molecule has 6 nitrogen and oxygen atoms in total. The Morgan fingerprint density at radius 2 is 1.92 bits per heavy atom. The van der Waals surface area contributed by atoms with Gasteiger partial charge >= 0.3 is 0 Å². The van der Waals surface area contributed by atoms with Gasteiger partial charge in [-0.1, -0.05) is 26.0 Å². The molecular formula is C20H33N5O. The maximum atomic E-state index is 11.8. The summed E-state index contributed by atoms with van der Waals surface area (Å²) in [5.41, 5.74) is 2.17. The molecule has 144 valence electrons. The first kappa shape index (κ1) is 20.2. The van der Waals surface area contributed by atoms with Crippen LogP contribution >= 0.6 is 0 Å². The molecule has 1 amide bonds. The van der Waals surface area contributed by atoms with E-state index in [-0.39, 0.29) is 5.91 Å². The highest BCUT2D eigenvalue weighted by molar-refractivity contribution is 5.95. The van der Waals surface area contributed by atoms with Gasteiger partial charge < -0.3 is 20.4 Å². The molecule has 0 aromatic heterocycles. The molecule has 26 heavy (non-hydrogen) atoms. The van der Waals surface area contributed by atoms with Crippen LogP contribution < -0.4 is 15.5 Å². The van der Waals surface area contributed by atoms with Crippen LogP contribution in [0.3, 0.4) is 0 Å². The molecule has 0 bridgehead atoms. The quantitative estimate of drug-likeness (QED) is 0.403. The van der Waals surface area contributed by atoms with Crippen molar-refractivity contribution in [2.45, 2.75) is 39.7 Å². The zero-order valence-corrected chi connectivity index (χ0v) is 16.4. The number of carbonyl (C=O) groups excluding carboxylic acids is 1. The number of carbonyl (C=O) groups is 1. The van der Waals surface area contributed by atoms with Crippen molar-refractivity contribution >= 4 is 17.6 Å². The molecule has 0 spiro atoms. The number of benzene rings is 1. The fourth-order valence-electron chi connectivity index (χ4n) is 3.17. The van der Waals surface area contributed by atoms with Gasteiger partial charge in [-0.3, -0.25) is 9.79 Å². The number of nitrogens with zero attached hydrogens (tertiary/aromatic N) is 3. The zero-order valence-electron chi connectivity index (χ0n) is 16.4. The largest absolute Gasteiger partial charge is 0.356 e. The minimum atomic E-state index is 0.227. The third-order valence-corrected chi connectivity index (χ3v) is 4.84. The molecule has 0 unspecified atom stereocenters. The van der Waals surface area contributed by atoms with Gasteiger partial charge in [0, 0.05) is 38.8 Å². The summed E-state index contributed by atoms with van der Waals surface area (Å²) in [6, 6.07) is 8.20. The first-order chi connectivity index (χ1) is 12.7. The van der Waals surface area contributed by atoms with Gasteiger partial charge in [-0.2, -0.15) is 0 Å². The van der Waals surface area contributed by atoms with E-state index in [9.17, 15) is 4.79 Å². The second-order valence-corrected chi connectivity index (χ2v) is 6.55. The summed E-state index contributed by atoms with van der Waals surface area (Å²) in [6.07, 6.45) is 2.72. The number of anilines is 1. The summed E-state index contributed by atoms with van der Waals surface area (Å²) >= 11 is 0. The van der Waals surface area contributed by atoms with Crippen molar-refractivity contribution in [1.29, 1.82) is 0 Å². The van der Waals surface area contributed by atoms with Crippen LogP contribution in [0.4, 0.5) is 5.69 Å². The van der Waals surface area contributed by atoms with Crippen LogP contribution in [0.2, 0.25) is 0 Å². The third kappa shape index (κ3) is 6.02. The molecular weight excluding hydrogens is 326 g/mol. The van der Waals surface area contributed by atoms with Crippen molar-refractivity contribution in [3.05, 3.63) is 29.8 Å². The lowest BCUT2D eigenvalue weighted by molar-refractivity contribution is -0.117. The molecule has 2 N–H and O–H groups in total. The molecule has 0 aliphatic carbocycles. The first-order valence-corrected chi connectivity index (χ1v) is 9.74. The average Bonchev–Trinajstić information content (AvgIpc) is 3.10. The Morgan fingerprint density at radius 1 is 1.19 bits per heavy atom. The predicted molar refractivity (Wildman–Crippen MR) is 109 cm³/mol. The first-order valence-electron chi connectivity index (χ1n) is 9.74. The van der Waals surface area contributed by atoms with E-state index in [1.54, 1.807) is 7.05 Å². The maximum absolute atomic E-state index is 11.8. The molecule has 1 aromatic carbocycles. The van der Waals surface area contributed by atoms with E-state index in [1.165, 1.54) is 5.56 Å². The van der Waals surface area contributed by atoms with Gasteiger partial charge in [0.25, 0.3) is 0 Å². The van der Waals surface area contributed by atoms with Crippen molar-refractivity contribution in [2.75, 3.05) is 44.7 Å². The number of aliphatic imine (C=N–C) groups is 1. The fourth-order valence-corrected chi connectivity index (χ4v) is 3.17. The number of hydrogen-bond acceptors (Lipinski definition) is 3. The molecule has 0 radical (unpaired) electrons. The zero-order chi connectivity index (χ0) is 18.8. The van der Waals surface area contributed by atoms with E-state index in [2.05, 4.69) is 46.5 Å². The van der Waals surface area contributed by atoms with Crippen LogP contribution in [-0.2, 0) is 11.3 Å². The lowest BCUT2D eigenvalue weighted by atomic mass is 10.2.